The molecule has 1 N–H and O–H groups in total. The molecule has 1 saturated heterocycles. The van der Waals surface area contributed by atoms with Crippen molar-refractivity contribution in [3.63, 3.8) is 0 Å². The molecule has 8 nitrogen and oxygen atoms in total. The molecule has 1 aliphatic heterocycles. The van der Waals surface area contributed by atoms with Gasteiger partial charge in [-0.1, -0.05) is 24.6 Å². The first-order valence-corrected chi connectivity index (χ1v) is 10.6. The highest BCUT2D eigenvalue weighted by Gasteiger charge is 2.28. The Hall–Kier alpha value is -2.65. The summed E-state index contributed by atoms with van der Waals surface area (Å²) in [5.41, 5.74) is -0.00273. The van der Waals surface area contributed by atoms with E-state index in [9.17, 15) is 18.5 Å². The third-order valence-electron chi connectivity index (χ3n) is 4.55. The number of para-hydroxylation sites is 1. The maximum atomic E-state index is 12.8. The Labute approximate surface area is 164 Å². The average Bonchev–Trinajstić information content (AvgIpc) is 2.72. The number of nitrogens with one attached hydrogen (secondary N) is 1. The second-order valence-corrected chi connectivity index (χ2v) is 8.43. The van der Waals surface area contributed by atoms with Gasteiger partial charge in [0.1, 0.15) is 18.0 Å². The van der Waals surface area contributed by atoms with E-state index < -0.39 is 14.9 Å². The molecule has 1 heterocycles. The smallest absolute Gasteiger partial charge is 0.293 e. The second-order valence-electron chi connectivity index (χ2n) is 6.49. The average molecular weight is 405 g/mol. The normalized spacial score (nSPS) is 15.1. The van der Waals surface area contributed by atoms with E-state index in [-0.39, 0.29) is 16.3 Å². The fraction of sp³-hybridized carbons (Fsp3) is 0.368. The Bertz CT molecular complexity index is 912. The van der Waals surface area contributed by atoms with E-state index in [0.717, 1.165) is 25.3 Å². The molecule has 0 aliphatic carbocycles. The van der Waals surface area contributed by atoms with E-state index >= 15 is 0 Å². The van der Waals surface area contributed by atoms with Crippen molar-refractivity contribution < 1.29 is 18.1 Å². The van der Waals surface area contributed by atoms with Crippen molar-refractivity contribution in [2.75, 3.05) is 31.6 Å². The molecule has 0 spiro atoms. The number of nitro groups is 1. The zero-order chi connectivity index (χ0) is 20.0. The maximum absolute atomic E-state index is 12.8. The fourth-order valence-corrected chi connectivity index (χ4v) is 4.64. The van der Waals surface area contributed by atoms with Gasteiger partial charge < -0.3 is 10.1 Å². The van der Waals surface area contributed by atoms with Crippen LogP contribution in [0.15, 0.2) is 53.4 Å². The molecule has 3 rings (SSSR count). The van der Waals surface area contributed by atoms with Crippen molar-refractivity contribution in [1.29, 1.82) is 0 Å². The molecule has 9 heteroatoms. The van der Waals surface area contributed by atoms with Crippen LogP contribution >= 0.6 is 0 Å². The van der Waals surface area contributed by atoms with Gasteiger partial charge in [0.15, 0.2) is 0 Å². The molecule has 2 aromatic rings. The predicted molar refractivity (Wildman–Crippen MR) is 106 cm³/mol. The summed E-state index contributed by atoms with van der Waals surface area (Å²) in [4.78, 5) is 10.8. The van der Waals surface area contributed by atoms with Gasteiger partial charge in [-0.3, -0.25) is 10.1 Å². The molecule has 2 aromatic carbocycles. The van der Waals surface area contributed by atoms with Gasteiger partial charge in [0, 0.05) is 25.7 Å². The maximum Gasteiger partial charge on any atom is 0.293 e. The highest BCUT2D eigenvalue weighted by Crippen LogP contribution is 2.29. The SMILES string of the molecule is O=[N+]([O-])c1cc(S(=O)(=O)N2CCCCC2)ccc1NCCOc1ccccc1. The molecule has 0 unspecified atom stereocenters. The summed E-state index contributed by atoms with van der Waals surface area (Å²) in [6, 6.07) is 13.2. The van der Waals surface area contributed by atoms with Crippen molar-refractivity contribution in [1.82, 2.24) is 4.31 Å². The van der Waals surface area contributed by atoms with Gasteiger partial charge in [-0.2, -0.15) is 4.31 Å². The van der Waals surface area contributed by atoms with E-state index in [0.29, 0.717) is 32.0 Å². The molecule has 0 amide bonds. The Balaban J connectivity index is 1.69. The summed E-state index contributed by atoms with van der Waals surface area (Å²) in [5.74, 6) is 0.710. The quantitative estimate of drug-likeness (QED) is 0.411. The lowest BCUT2D eigenvalue weighted by atomic mass is 10.2. The molecule has 150 valence electrons. The van der Waals surface area contributed by atoms with Gasteiger partial charge in [-0.15, -0.1) is 0 Å². The monoisotopic (exact) mass is 405 g/mol. The first-order chi connectivity index (χ1) is 13.5. The van der Waals surface area contributed by atoms with Crippen molar-refractivity contribution >= 4 is 21.4 Å². The van der Waals surface area contributed by atoms with Crippen LogP contribution in [0.4, 0.5) is 11.4 Å². The zero-order valence-corrected chi connectivity index (χ0v) is 16.2. The van der Waals surface area contributed by atoms with Crippen LogP contribution in [0.5, 0.6) is 5.75 Å². The largest absolute Gasteiger partial charge is 0.492 e. The summed E-state index contributed by atoms with van der Waals surface area (Å²) < 4.78 is 32.5. The van der Waals surface area contributed by atoms with E-state index in [1.165, 1.54) is 16.4 Å². The van der Waals surface area contributed by atoms with E-state index in [1.807, 2.05) is 30.3 Å². The van der Waals surface area contributed by atoms with Gasteiger partial charge >= 0.3 is 0 Å². The van der Waals surface area contributed by atoms with Crippen molar-refractivity contribution in [3.05, 3.63) is 58.6 Å². The number of benzene rings is 2. The molecule has 0 radical (unpaired) electrons. The standard InChI is InChI=1S/C19H23N3O5S/c23-22(24)19-15-17(28(25,26)21-12-5-2-6-13-21)9-10-18(19)20-11-14-27-16-7-3-1-4-8-16/h1,3-4,7-10,15,20H,2,5-6,11-14H2. The Kier molecular flexibility index (Phi) is 6.48. The molecule has 1 aliphatic rings. The van der Waals surface area contributed by atoms with Crippen LogP contribution in [0.2, 0.25) is 0 Å². The minimum Gasteiger partial charge on any atom is -0.492 e. The van der Waals surface area contributed by atoms with Crippen LogP contribution in [-0.4, -0.2) is 43.9 Å². The van der Waals surface area contributed by atoms with Gasteiger partial charge in [0.05, 0.1) is 9.82 Å². The van der Waals surface area contributed by atoms with Crippen molar-refractivity contribution in [2.24, 2.45) is 0 Å². The number of rotatable bonds is 8. The Morgan fingerprint density at radius 2 is 1.79 bits per heavy atom. The highest BCUT2D eigenvalue weighted by molar-refractivity contribution is 7.89. The predicted octanol–water partition coefficient (Wildman–Crippen LogP) is 3.26. The molecule has 0 aromatic heterocycles. The van der Waals surface area contributed by atoms with Crippen LogP contribution in [0.1, 0.15) is 19.3 Å². The number of anilines is 1. The fourth-order valence-electron chi connectivity index (χ4n) is 3.10. The van der Waals surface area contributed by atoms with Crippen molar-refractivity contribution in [3.8, 4) is 5.75 Å². The molecule has 28 heavy (non-hydrogen) atoms. The van der Waals surface area contributed by atoms with E-state index in [1.54, 1.807) is 0 Å². The van der Waals surface area contributed by atoms with Gasteiger partial charge in [0.2, 0.25) is 10.0 Å². The first kappa shape index (κ1) is 20.1. The number of hydrogen-bond donors (Lipinski definition) is 1. The van der Waals surface area contributed by atoms with Gasteiger partial charge in [0.25, 0.3) is 5.69 Å². The molecule has 0 saturated carbocycles. The molecule has 0 atom stereocenters. The lowest BCUT2D eigenvalue weighted by Gasteiger charge is -2.25. The number of nitro benzene ring substituents is 1. The number of sulfonamides is 1. The lowest BCUT2D eigenvalue weighted by molar-refractivity contribution is -0.384. The summed E-state index contributed by atoms with van der Waals surface area (Å²) >= 11 is 0. The summed E-state index contributed by atoms with van der Waals surface area (Å²) in [5, 5.41) is 14.4. The highest BCUT2D eigenvalue weighted by atomic mass is 32.2. The van der Waals surface area contributed by atoms with Crippen LogP contribution in [0, 0.1) is 10.1 Å². The number of ether oxygens (including phenoxy) is 1. The molecular weight excluding hydrogens is 382 g/mol. The van der Waals surface area contributed by atoms with Crippen LogP contribution < -0.4 is 10.1 Å². The third kappa shape index (κ3) is 4.79. The molecular formula is C19H23N3O5S. The lowest BCUT2D eigenvalue weighted by Crippen LogP contribution is -2.35. The zero-order valence-electron chi connectivity index (χ0n) is 15.4. The van der Waals surface area contributed by atoms with Crippen LogP contribution in [-0.2, 0) is 10.0 Å². The number of hydrogen-bond acceptors (Lipinski definition) is 6. The number of piperidine rings is 1. The summed E-state index contributed by atoms with van der Waals surface area (Å²) in [7, 11) is -3.72. The molecule has 0 bridgehead atoms. The second kappa shape index (κ2) is 9.03. The number of nitrogens with zero attached hydrogens (tertiary/aromatic N) is 2. The topological polar surface area (TPSA) is 102 Å². The Morgan fingerprint density at radius 3 is 2.46 bits per heavy atom. The van der Waals surface area contributed by atoms with Crippen molar-refractivity contribution in [2.45, 2.75) is 24.2 Å². The first-order valence-electron chi connectivity index (χ1n) is 9.19. The van der Waals surface area contributed by atoms with Gasteiger partial charge in [-0.05, 0) is 37.1 Å². The van der Waals surface area contributed by atoms with E-state index in [2.05, 4.69) is 5.32 Å². The Morgan fingerprint density at radius 1 is 1.07 bits per heavy atom. The third-order valence-corrected chi connectivity index (χ3v) is 6.44. The van der Waals surface area contributed by atoms with Crippen LogP contribution in [0.3, 0.4) is 0 Å². The van der Waals surface area contributed by atoms with Gasteiger partial charge in [-0.25, -0.2) is 8.42 Å². The van der Waals surface area contributed by atoms with Crippen LogP contribution in [0.25, 0.3) is 0 Å². The molecule has 1 fully saturated rings. The van der Waals surface area contributed by atoms with E-state index in [4.69, 9.17) is 4.74 Å². The minimum atomic E-state index is -3.72. The minimum absolute atomic E-state index is 0.0489. The summed E-state index contributed by atoms with van der Waals surface area (Å²) in [6.07, 6.45) is 2.62. The summed E-state index contributed by atoms with van der Waals surface area (Å²) in [6.45, 7) is 1.56.